The molecule has 0 bridgehead atoms. The number of ether oxygens (including phenoxy) is 1. The summed E-state index contributed by atoms with van der Waals surface area (Å²) in [5, 5.41) is 0.862. The highest BCUT2D eigenvalue weighted by Gasteiger charge is 2.35. The van der Waals surface area contributed by atoms with Crippen molar-refractivity contribution in [3.8, 4) is 5.69 Å². The Hall–Kier alpha value is -3.59. The number of fused-ring (bicyclic) bond motifs is 1. The minimum absolute atomic E-state index is 0.00572. The number of halogens is 2. The first-order valence-corrected chi connectivity index (χ1v) is 16.1. The zero-order valence-electron chi connectivity index (χ0n) is 23.9. The van der Waals surface area contributed by atoms with Crippen molar-refractivity contribution in [3.63, 3.8) is 0 Å². The number of carbonyl (C=O) groups is 2. The predicted octanol–water partition coefficient (Wildman–Crippen LogP) is 5.12. The van der Waals surface area contributed by atoms with Crippen LogP contribution in [0.5, 0.6) is 0 Å². The summed E-state index contributed by atoms with van der Waals surface area (Å²) in [6.45, 7) is 5.66. The number of sulfonamides is 1. The summed E-state index contributed by atoms with van der Waals surface area (Å²) in [6.07, 6.45) is 3.39. The summed E-state index contributed by atoms with van der Waals surface area (Å²) >= 11 is 6.88. The van der Waals surface area contributed by atoms with Gasteiger partial charge in [0.2, 0.25) is 5.91 Å². The third-order valence-electron chi connectivity index (χ3n) is 6.63. The van der Waals surface area contributed by atoms with E-state index in [-0.39, 0.29) is 34.6 Å². The fourth-order valence-corrected chi connectivity index (χ4v) is 7.42. The molecule has 3 aromatic heterocycles. The second kappa shape index (κ2) is 11.8. The van der Waals surface area contributed by atoms with Crippen molar-refractivity contribution in [3.05, 3.63) is 65.6 Å². The van der Waals surface area contributed by atoms with Gasteiger partial charge in [0.15, 0.2) is 0 Å². The van der Waals surface area contributed by atoms with E-state index in [9.17, 15) is 18.0 Å². The van der Waals surface area contributed by atoms with Gasteiger partial charge in [-0.3, -0.25) is 4.79 Å². The number of carbonyl (C=O) groups excluding carboxylic acids is 2. The summed E-state index contributed by atoms with van der Waals surface area (Å²) < 4.78 is 51.4. The maximum absolute atomic E-state index is 15.5. The molecule has 4 aromatic rings. The highest BCUT2D eigenvalue weighted by atomic mass is 35.5. The number of imidazole rings is 1. The van der Waals surface area contributed by atoms with Crippen molar-refractivity contribution < 1.29 is 27.1 Å². The standard InChI is InChI=1S/C28H30ClFN6O5S2/c1-28(2,3)41-27(38)34(4)16-23-31-11-13-35(23)18-8-9-21(19(30)15-18)36-12-5-6-20(26(36)37)33-43(39,40)24-14-17-7-10-22(29)32-25(17)42-24/h7-11,13-15,20,33H,5-6,12,16H2,1-4H3. The van der Waals surface area contributed by atoms with Gasteiger partial charge in [0.25, 0.3) is 10.0 Å². The van der Waals surface area contributed by atoms with Crippen molar-refractivity contribution in [1.82, 2.24) is 24.2 Å². The Morgan fingerprint density at radius 2 is 2.02 bits per heavy atom. The van der Waals surface area contributed by atoms with Crippen LogP contribution in [0.2, 0.25) is 5.15 Å². The molecular weight excluding hydrogens is 619 g/mol. The second-order valence-corrected chi connectivity index (χ2v) is 14.4. The second-order valence-electron chi connectivity index (χ2n) is 11.1. The quantitative estimate of drug-likeness (QED) is 0.276. The molecule has 0 radical (unpaired) electrons. The number of hydrogen-bond acceptors (Lipinski definition) is 8. The molecule has 1 unspecified atom stereocenters. The Bertz CT molecular complexity index is 1800. The fraction of sp³-hybridized carbons (Fsp3) is 0.357. The first kappa shape index (κ1) is 30.9. The molecule has 0 aliphatic carbocycles. The van der Waals surface area contributed by atoms with Gasteiger partial charge in [0, 0.05) is 43.1 Å². The fourth-order valence-electron chi connectivity index (χ4n) is 4.64. The number of rotatable bonds is 7. The van der Waals surface area contributed by atoms with Crippen LogP contribution in [-0.4, -0.2) is 65.1 Å². The van der Waals surface area contributed by atoms with Gasteiger partial charge < -0.3 is 19.1 Å². The minimum Gasteiger partial charge on any atom is -0.444 e. The number of benzene rings is 1. The third kappa shape index (κ3) is 6.82. The summed E-state index contributed by atoms with van der Waals surface area (Å²) in [4.78, 5) is 37.3. The van der Waals surface area contributed by atoms with Gasteiger partial charge in [-0.2, -0.15) is 4.72 Å². The molecule has 228 valence electrons. The molecule has 15 heteroatoms. The molecule has 43 heavy (non-hydrogen) atoms. The lowest BCUT2D eigenvalue weighted by Gasteiger charge is -2.32. The van der Waals surface area contributed by atoms with Crippen LogP contribution in [0.4, 0.5) is 14.9 Å². The Labute approximate surface area is 257 Å². The largest absolute Gasteiger partial charge is 0.444 e. The van der Waals surface area contributed by atoms with E-state index in [0.717, 1.165) is 11.3 Å². The monoisotopic (exact) mass is 648 g/mol. The number of nitrogens with zero attached hydrogens (tertiary/aromatic N) is 5. The van der Waals surface area contributed by atoms with Crippen LogP contribution in [0.1, 0.15) is 39.4 Å². The van der Waals surface area contributed by atoms with E-state index < -0.39 is 39.5 Å². The highest BCUT2D eigenvalue weighted by Crippen LogP contribution is 2.31. The van der Waals surface area contributed by atoms with Crippen LogP contribution in [0.25, 0.3) is 15.9 Å². The molecular formula is C28H30ClFN6O5S2. The molecule has 11 nitrogen and oxygen atoms in total. The maximum Gasteiger partial charge on any atom is 0.410 e. The molecule has 1 aliphatic heterocycles. The Kier molecular flexibility index (Phi) is 8.49. The van der Waals surface area contributed by atoms with E-state index in [1.165, 1.54) is 34.2 Å². The predicted molar refractivity (Wildman–Crippen MR) is 162 cm³/mol. The lowest BCUT2D eigenvalue weighted by Crippen LogP contribution is -2.52. The summed E-state index contributed by atoms with van der Waals surface area (Å²) in [5.74, 6) is -0.740. The first-order valence-electron chi connectivity index (χ1n) is 13.4. The van der Waals surface area contributed by atoms with Crippen LogP contribution in [-0.2, 0) is 26.1 Å². The number of anilines is 1. The smallest absolute Gasteiger partial charge is 0.410 e. The minimum atomic E-state index is -4.05. The maximum atomic E-state index is 15.5. The Morgan fingerprint density at radius 3 is 2.74 bits per heavy atom. The van der Waals surface area contributed by atoms with Crippen molar-refractivity contribution in [2.45, 2.75) is 56.0 Å². The van der Waals surface area contributed by atoms with E-state index in [1.54, 1.807) is 56.8 Å². The van der Waals surface area contributed by atoms with E-state index in [0.29, 0.717) is 28.1 Å². The third-order valence-corrected chi connectivity index (χ3v) is 9.83. The first-order chi connectivity index (χ1) is 20.2. The normalized spacial score (nSPS) is 16.1. The van der Waals surface area contributed by atoms with Crippen LogP contribution < -0.4 is 9.62 Å². The van der Waals surface area contributed by atoms with E-state index in [4.69, 9.17) is 16.3 Å². The van der Waals surface area contributed by atoms with Gasteiger partial charge in [-0.25, -0.2) is 27.6 Å². The summed E-state index contributed by atoms with van der Waals surface area (Å²) in [5.41, 5.74) is -0.188. The van der Waals surface area contributed by atoms with Crippen LogP contribution in [0, 0.1) is 5.82 Å². The number of piperidine rings is 1. The van der Waals surface area contributed by atoms with E-state index in [2.05, 4.69) is 14.7 Å². The van der Waals surface area contributed by atoms with Gasteiger partial charge in [0.1, 0.15) is 37.5 Å². The van der Waals surface area contributed by atoms with Crippen molar-refractivity contribution in [2.24, 2.45) is 0 Å². The average molecular weight is 649 g/mol. The van der Waals surface area contributed by atoms with Gasteiger partial charge in [-0.05, 0) is 63.9 Å². The average Bonchev–Trinajstić information content (AvgIpc) is 3.56. The molecule has 2 amide bonds. The highest BCUT2D eigenvalue weighted by molar-refractivity contribution is 7.91. The molecule has 1 atom stereocenters. The molecule has 1 fully saturated rings. The Balaban J connectivity index is 1.32. The number of thiophene rings is 1. The van der Waals surface area contributed by atoms with Crippen molar-refractivity contribution >= 4 is 60.9 Å². The lowest BCUT2D eigenvalue weighted by molar-refractivity contribution is -0.121. The van der Waals surface area contributed by atoms with E-state index >= 15 is 4.39 Å². The van der Waals surface area contributed by atoms with Crippen LogP contribution >= 0.6 is 22.9 Å². The summed E-state index contributed by atoms with van der Waals surface area (Å²) in [6, 6.07) is 8.03. The molecule has 1 N–H and O–H groups in total. The molecule has 0 saturated carbocycles. The van der Waals surface area contributed by atoms with E-state index in [1.807, 2.05) is 0 Å². The van der Waals surface area contributed by atoms with Crippen molar-refractivity contribution in [1.29, 1.82) is 0 Å². The number of aromatic nitrogens is 3. The lowest BCUT2D eigenvalue weighted by atomic mass is 10.0. The SMILES string of the molecule is CN(Cc1nccn1-c1ccc(N2CCCC(NS(=O)(=O)c3cc4ccc(Cl)nc4s3)C2=O)c(F)c1)C(=O)OC(C)(C)C. The summed E-state index contributed by atoms with van der Waals surface area (Å²) in [7, 11) is -2.47. The van der Waals surface area contributed by atoms with Crippen LogP contribution in [0.3, 0.4) is 0 Å². The number of nitrogens with one attached hydrogen (secondary N) is 1. The molecule has 4 heterocycles. The molecule has 5 rings (SSSR count). The van der Waals surface area contributed by atoms with Gasteiger partial charge in [-0.1, -0.05) is 11.6 Å². The van der Waals surface area contributed by atoms with Gasteiger partial charge in [0.05, 0.1) is 12.2 Å². The number of pyridine rings is 1. The number of hydrogen-bond donors (Lipinski definition) is 1. The van der Waals surface area contributed by atoms with Crippen LogP contribution in [0.15, 0.2) is 53.0 Å². The van der Waals surface area contributed by atoms with Gasteiger partial charge in [-0.15, -0.1) is 11.3 Å². The molecule has 0 spiro atoms. The van der Waals surface area contributed by atoms with Crippen molar-refractivity contribution in [2.75, 3.05) is 18.5 Å². The zero-order chi connectivity index (χ0) is 31.1. The zero-order valence-corrected chi connectivity index (χ0v) is 26.3. The molecule has 1 aliphatic rings. The Morgan fingerprint density at radius 1 is 1.26 bits per heavy atom. The van der Waals surface area contributed by atoms with Gasteiger partial charge >= 0.3 is 6.09 Å². The molecule has 1 saturated heterocycles. The number of amides is 2. The topological polar surface area (TPSA) is 127 Å². The molecule has 1 aromatic carbocycles.